The Bertz CT molecular complexity index is 496. The van der Waals surface area contributed by atoms with Crippen LogP contribution in [0, 0.1) is 5.92 Å². The van der Waals surface area contributed by atoms with Crippen molar-refractivity contribution in [3.63, 3.8) is 0 Å². The van der Waals surface area contributed by atoms with E-state index in [1.807, 2.05) is 6.92 Å². The lowest BCUT2D eigenvalue weighted by molar-refractivity contribution is -0.150. The molecule has 2 rings (SSSR count). The van der Waals surface area contributed by atoms with Crippen molar-refractivity contribution >= 4 is 17.7 Å². The molecular formula is C17H28FN3O4. The van der Waals surface area contributed by atoms with Crippen LogP contribution in [0.1, 0.15) is 51.9 Å². The van der Waals surface area contributed by atoms with E-state index in [0.717, 1.165) is 19.3 Å². The van der Waals surface area contributed by atoms with E-state index in [1.165, 1.54) is 10.4 Å². The zero-order chi connectivity index (χ0) is 18.4. The van der Waals surface area contributed by atoms with Gasteiger partial charge in [-0.3, -0.25) is 19.6 Å². The van der Waals surface area contributed by atoms with Crippen molar-refractivity contribution in [3.8, 4) is 0 Å². The van der Waals surface area contributed by atoms with Gasteiger partial charge in [-0.05, 0) is 32.1 Å². The Balaban J connectivity index is 2.12. The quantitative estimate of drug-likeness (QED) is 0.530. The van der Waals surface area contributed by atoms with Crippen molar-refractivity contribution < 1.29 is 24.0 Å². The third kappa shape index (κ3) is 4.48. The number of hydrogen-bond acceptors (Lipinski definition) is 4. The molecule has 25 heavy (non-hydrogen) atoms. The van der Waals surface area contributed by atoms with Crippen LogP contribution < -0.4 is 5.48 Å². The number of nitrogens with zero attached hydrogens (tertiary/aromatic N) is 2. The fourth-order valence-corrected chi connectivity index (χ4v) is 3.71. The predicted octanol–water partition coefficient (Wildman–Crippen LogP) is 1.25. The van der Waals surface area contributed by atoms with E-state index in [-0.39, 0.29) is 12.3 Å². The molecule has 2 N–H and O–H groups in total. The van der Waals surface area contributed by atoms with Gasteiger partial charge in [0.05, 0.1) is 5.92 Å². The van der Waals surface area contributed by atoms with Crippen molar-refractivity contribution in [1.82, 2.24) is 15.3 Å². The number of halogens is 1. The van der Waals surface area contributed by atoms with Crippen molar-refractivity contribution in [2.75, 3.05) is 19.6 Å². The molecule has 0 saturated carbocycles. The summed E-state index contributed by atoms with van der Waals surface area (Å²) in [6.07, 6.45) is 2.65. The molecule has 1 unspecified atom stereocenters. The zero-order valence-corrected chi connectivity index (χ0v) is 14.7. The molecule has 2 saturated heterocycles. The SMILES string of the molecule is CCCC[C@@H](C(=O)N1CCCC1C(=O)N1CCCC1)[C@H](F)C(=O)NO. The van der Waals surface area contributed by atoms with E-state index in [2.05, 4.69) is 0 Å². The molecule has 0 bridgehead atoms. The van der Waals surface area contributed by atoms with Gasteiger partial charge in [0.25, 0.3) is 5.91 Å². The highest BCUT2D eigenvalue weighted by Gasteiger charge is 2.43. The molecule has 2 aliphatic rings. The Morgan fingerprint density at radius 2 is 1.88 bits per heavy atom. The van der Waals surface area contributed by atoms with E-state index in [9.17, 15) is 18.8 Å². The fourth-order valence-electron chi connectivity index (χ4n) is 3.71. The number of hydrogen-bond donors (Lipinski definition) is 2. The van der Waals surface area contributed by atoms with Crippen molar-refractivity contribution in [1.29, 1.82) is 0 Å². The van der Waals surface area contributed by atoms with Crippen molar-refractivity contribution in [3.05, 3.63) is 0 Å². The maximum absolute atomic E-state index is 14.4. The van der Waals surface area contributed by atoms with Crippen LogP contribution in [-0.4, -0.2) is 64.6 Å². The first kappa shape index (κ1) is 19.6. The summed E-state index contributed by atoms with van der Waals surface area (Å²) < 4.78 is 14.4. The number of nitrogens with one attached hydrogen (secondary N) is 1. The highest BCUT2D eigenvalue weighted by Crippen LogP contribution is 2.27. The van der Waals surface area contributed by atoms with Crippen LogP contribution in [-0.2, 0) is 14.4 Å². The first-order valence-electron chi connectivity index (χ1n) is 9.18. The summed E-state index contributed by atoms with van der Waals surface area (Å²) in [6, 6.07) is -0.556. The molecule has 7 nitrogen and oxygen atoms in total. The smallest absolute Gasteiger partial charge is 0.278 e. The Hall–Kier alpha value is -1.70. The zero-order valence-electron chi connectivity index (χ0n) is 14.7. The minimum Gasteiger partial charge on any atom is -0.341 e. The maximum Gasteiger partial charge on any atom is 0.278 e. The van der Waals surface area contributed by atoms with Gasteiger partial charge >= 0.3 is 0 Å². The highest BCUT2D eigenvalue weighted by atomic mass is 19.1. The topological polar surface area (TPSA) is 90.0 Å². The Morgan fingerprint density at radius 1 is 1.20 bits per heavy atom. The van der Waals surface area contributed by atoms with E-state index in [4.69, 9.17) is 5.21 Å². The number of hydroxylamine groups is 1. The van der Waals surface area contributed by atoms with Gasteiger partial charge in [0, 0.05) is 19.6 Å². The Kier molecular flexibility index (Phi) is 7.16. The molecule has 0 aromatic heterocycles. The summed E-state index contributed by atoms with van der Waals surface area (Å²) in [5.41, 5.74) is 1.29. The van der Waals surface area contributed by atoms with Crippen LogP contribution in [0.2, 0.25) is 0 Å². The van der Waals surface area contributed by atoms with Crippen LogP contribution in [0.25, 0.3) is 0 Å². The van der Waals surface area contributed by atoms with Crippen LogP contribution in [0.5, 0.6) is 0 Å². The standard InChI is InChI=1S/C17H28FN3O4/c1-2-3-7-12(14(18)15(22)19-25)16(23)21-11-6-8-13(21)17(24)20-9-4-5-10-20/h12-14,25H,2-11H2,1H3,(H,19,22)/t12-,13?,14+/m1/s1. The molecule has 2 aliphatic heterocycles. The second-order valence-corrected chi connectivity index (χ2v) is 6.85. The molecule has 3 amide bonds. The second kappa shape index (κ2) is 9.12. The van der Waals surface area contributed by atoms with Gasteiger partial charge in [0.15, 0.2) is 6.17 Å². The van der Waals surface area contributed by atoms with Gasteiger partial charge in [0.2, 0.25) is 11.8 Å². The number of carbonyl (C=O) groups is 3. The van der Waals surface area contributed by atoms with E-state index in [0.29, 0.717) is 38.9 Å². The molecule has 3 atom stereocenters. The number of alkyl halides is 1. The van der Waals surface area contributed by atoms with E-state index >= 15 is 0 Å². The third-order valence-electron chi connectivity index (χ3n) is 5.14. The third-order valence-corrected chi connectivity index (χ3v) is 5.14. The molecule has 2 fully saturated rings. The average molecular weight is 357 g/mol. The van der Waals surface area contributed by atoms with Gasteiger partial charge < -0.3 is 9.80 Å². The molecule has 0 aromatic carbocycles. The lowest BCUT2D eigenvalue weighted by Gasteiger charge is -2.31. The van der Waals surface area contributed by atoms with Gasteiger partial charge in [0.1, 0.15) is 6.04 Å². The highest BCUT2D eigenvalue weighted by molar-refractivity contribution is 5.92. The minimum atomic E-state index is -2.12. The first-order valence-corrected chi connectivity index (χ1v) is 9.18. The summed E-state index contributed by atoms with van der Waals surface area (Å²) in [4.78, 5) is 40.3. The minimum absolute atomic E-state index is 0.0698. The Labute approximate surface area is 147 Å². The summed E-state index contributed by atoms with van der Waals surface area (Å²) in [7, 11) is 0. The van der Waals surface area contributed by atoms with E-state index in [1.54, 1.807) is 4.90 Å². The van der Waals surface area contributed by atoms with E-state index < -0.39 is 29.9 Å². The van der Waals surface area contributed by atoms with Gasteiger partial charge in [-0.1, -0.05) is 19.8 Å². The number of unbranched alkanes of at least 4 members (excludes halogenated alkanes) is 1. The number of rotatable bonds is 7. The first-order chi connectivity index (χ1) is 12.0. The largest absolute Gasteiger partial charge is 0.341 e. The molecule has 0 aliphatic carbocycles. The molecule has 0 spiro atoms. The van der Waals surface area contributed by atoms with Crippen LogP contribution in [0.3, 0.4) is 0 Å². The molecule has 0 radical (unpaired) electrons. The average Bonchev–Trinajstić information content (AvgIpc) is 3.31. The molecular weight excluding hydrogens is 329 g/mol. The van der Waals surface area contributed by atoms with Crippen molar-refractivity contribution in [2.24, 2.45) is 5.92 Å². The molecule has 8 heteroatoms. The number of likely N-dealkylation sites (tertiary alicyclic amines) is 2. The van der Waals surface area contributed by atoms with Gasteiger partial charge in [-0.25, -0.2) is 9.87 Å². The second-order valence-electron chi connectivity index (χ2n) is 6.85. The Morgan fingerprint density at radius 3 is 2.48 bits per heavy atom. The number of carbonyl (C=O) groups excluding carboxylic acids is 3. The maximum atomic E-state index is 14.4. The normalized spacial score (nSPS) is 22.8. The monoisotopic (exact) mass is 357 g/mol. The molecule has 2 heterocycles. The summed E-state index contributed by atoms with van der Waals surface area (Å²) in [5, 5.41) is 8.69. The van der Waals surface area contributed by atoms with Crippen molar-refractivity contribution in [2.45, 2.75) is 64.1 Å². The lowest BCUT2D eigenvalue weighted by Crippen LogP contribution is -2.51. The number of amides is 3. The molecule has 142 valence electrons. The van der Waals surface area contributed by atoms with Crippen LogP contribution in [0.15, 0.2) is 0 Å². The predicted molar refractivity (Wildman–Crippen MR) is 88.4 cm³/mol. The summed E-state index contributed by atoms with van der Waals surface area (Å²) >= 11 is 0. The lowest BCUT2D eigenvalue weighted by atomic mass is 9.94. The van der Waals surface area contributed by atoms with Gasteiger partial charge in [-0.15, -0.1) is 0 Å². The summed E-state index contributed by atoms with van der Waals surface area (Å²) in [6.45, 7) is 3.72. The molecule has 0 aromatic rings. The summed E-state index contributed by atoms with van der Waals surface area (Å²) in [5.74, 6) is -2.95. The fraction of sp³-hybridized carbons (Fsp3) is 0.824. The van der Waals surface area contributed by atoms with Crippen LogP contribution in [0.4, 0.5) is 4.39 Å². The van der Waals surface area contributed by atoms with Crippen LogP contribution >= 0.6 is 0 Å². The van der Waals surface area contributed by atoms with Gasteiger partial charge in [-0.2, -0.15) is 0 Å².